The molecule has 0 aliphatic rings. The van der Waals surface area contributed by atoms with E-state index < -0.39 is 0 Å². The first-order chi connectivity index (χ1) is 5.25. The van der Waals surface area contributed by atoms with E-state index in [4.69, 9.17) is 0 Å². The maximum Gasteiger partial charge on any atom is 0.249 e. The third kappa shape index (κ3) is 0.981. The van der Waals surface area contributed by atoms with Crippen molar-refractivity contribution in [3.8, 4) is 0 Å². The Morgan fingerprint density at radius 1 is 1.45 bits per heavy atom. The summed E-state index contributed by atoms with van der Waals surface area (Å²) in [7, 11) is 0. The zero-order chi connectivity index (χ0) is 7.84. The van der Waals surface area contributed by atoms with Crippen LogP contribution in [0.15, 0.2) is 12.3 Å². The Kier molecular flexibility index (Phi) is 1.18. The van der Waals surface area contributed by atoms with Crippen LogP contribution < -0.4 is 4.98 Å². The number of pyridine rings is 1. The van der Waals surface area contributed by atoms with Crippen LogP contribution in [0.2, 0.25) is 0 Å². The van der Waals surface area contributed by atoms with Gasteiger partial charge in [-0.1, -0.05) is 0 Å². The number of aromatic nitrogens is 3. The molecule has 0 radical (unpaired) electrons. The summed E-state index contributed by atoms with van der Waals surface area (Å²) in [6.07, 6.45) is 1.84. The van der Waals surface area contributed by atoms with E-state index in [0.717, 1.165) is 22.6 Å². The minimum Gasteiger partial charge on any atom is -0.257 e. The minimum atomic E-state index is 1.03. The Morgan fingerprint density at radius 2 is 2.27 bits per heavy atom. The fourth-order valence-electron chi connectivity index (χ4n) is 1.20. The van der Waals surface area contributed by atoms with E-state index in [9.17, 15) is 0 Å². The summed E-state index contributed by atoms with van der Waals surface area (Å²) in [4.78, 5) is 10.5. The predicted octanol–water partition coefficient (Wildman–Crippen LogP) is 0.994. The normalized spacial score (nSPS) is 10.7. The molecule has 0 amide bonds. The molecule has 2 heterocycles. The molecule has 56 valence electrons. The highest BCUT2D eigenvalue weighted by Crippen LogP contribution is 2.05. The van der Waals surface area contributed by atoms with Crippen LogP contribution in [0.3, 0.4) is 0 Å². The van der Waals surface area contributed by atoms with Gasteiger partial charge in [-0.3, -0.25) is 4.98 Å². The molecule has 2 N–H and O–H groups in total. The molecule has 0 fully saturated rings. The lowest BCUT2D eigenvalue weighted by Gasteiger charge is -1.84. The number of hydrogen-bond donors (Lipinski definition) is 1. The van der Waals surface area contributed by atoms with E-state index in [0.29, 0.717) is 0 Å². The monoisotopic (exact) mass is 148 g/mol. The topological polar surface area (TPSA) is 42.8 Å². The molecular formula is C8H10N3+. The number of fused-ring (bicyclic) bond motifs is 1. The summed E-state index contributed by atoms with van der Waals surface area (Å²) in [5.74, 6) is 1.06. The van der Waals surface area contributed by atoms with Gasteiger partial charge < -0.3 is 0 Å². The maximum atomic E-state index is 4.17. The highest BCUT2D eigenvalue weighted by molar-refractivity contribution is 5.69. The van der Waals surface area contributed by atoms with Crippen LogP contribution in [-0.4, -0.2) is 9.97 Å². The first-order valence-electron chi connectivity index (χ1n) is 3.60. The van der Waals surface area contributed by atoms with E-state index >= 15 is 0 Å². The van der Waals surface area contributed by atoms with Crippen molar-refractivity contribution in [2.24, 2.45) is 0 Å². The molecule has 0 aliphatic heterocycles. The summed E-state index contributed by atoms with van der Waals surface area (Å²) < 4.78 is 0. The number of H-pyrrole nitrogens is 2. The molecule has 0 saturated carbocycles. The molecule has 0 aliphatic carbocycles. The summed E-state index contributed by atoms with van der Waals surface area (Å²) in [6.45, 7) is 3.98. The Hall–Kier alpha value is -1.38. The van der Waals surface area contributed by atoms with Gasteiger partial charge in [-0.2, -0.15) is 0 Å². The fourth-order valence-corrected chi connectivity index (χ4v) is 1.20. The van der Waals surface area contributed by atoms with E-state index in [1.807, 2.05) is 26.1 Å². The lowest BCUT2D eigenvalue weighted by molar-refractivity contribution is -0.354. The van der Waals surface area contributed by atoms with Crippen LogP contribution in [0.25, 0.3) is 11.0 Å². The van der Waals surface area contributed by atoms with Crippen LogP contribution in [0, 0.1) is 13.8 Å². The smallest absolute Gasteiger partial charge is 0.249 e. The third-order valence-electron chi connectivity index (χ3n) is 1.69. The molecule has 0 unspecified atom stereocenters. The van der Waals surface area contributed by atoms with Crippen molar-refractivity contribution in [2.75, 3.05) is 0 Å². The Labute approximate surface area is 64.5 Å². The van der Waals surface area contributed by atoms with Crippen molar-refractivity contribution in [3.63, 3.8) is 0 Å². The van der Waals surface area contributed by atoms with E-state index in [1.54, 1.807) is 0 Å². The zero-order valence-electron chi connectivity index (χ0n) is 6.60. The van der Waals surface area contributed by atoms with Gasteiger partial charge in [-0.05, 0) is 6.92 Å². The molecule has 2 rings (SSSR count). The van der Waals surface area contributed by atoms with Crippen molar-refractivity contribution >= 4 is 11.0 Å². The van der Waals surface area contributed by atoms with Gasteiger partial charge in [0.1, 0.15) is 0 Å². The summed E-state index contributed by atoms with van der Waals surface area (Å²) in [5.41, 5.74) is 3.22. The number of nitrogens with zero attached hydrogens (tertiary/aromatic N) is 1. The molecule has 3 nitrogen and oxygen atoms in total. The maximum absolute atomic E-state index is 4.17. The highest BCUT2D eigenvalue weighted by Gasteiger charge is 2.04. The third-order valence-corrected chi connectivity index (χ3v) is 1.69. The number of aryl methyl sites for hydroxylation is 2. The van der Waals surface area contributed by atoms with Gasteiger partial charge in [0.05, 0.1) is 6.20 Å². The molecule has 2 aromatic rings. The van der Waals surface area contributed by atoms with Gasteiger partial charge in [0.15, 0.2) is 11.0 Å². The highest BCUT2D eigenvalue weighted by atomic mass is 14.9. The van der Waals surface area contributed by atoms with Crippen LogP contribution in [-0.2, 0) is 0 Å². The molecule has 11 heavy (non-hydrogen) atoms. The second-order valence-corrected chi connectivity index (χ2v) is 2.75. The second kappa shape index (κ2) is 2.05. The van der Waals surface area contributed by atoms with Crippen molar-refractivity contribution in [2.45, 2.75) is 13.8 Å². The first kappa shape index (κ1) is 6.34. The molecule has 0 bridgehead atoms. The lowest BCUT2D eigenvalue weighted by atomic mass is 10.3. The number of imidazole rings is 1. The molecule has 0 spiro atoms. The Balaban J connectivity index is 2.82. The number of nitrogens with one attached hydrogen (secondary N) is 2. The average molecular weight is 148 g/mol. The quantitative estimate of drug-likeness (QED) is 0.595. The van der Waals surface area contributed by atoms with Crippen molar-refractivity contribution in [1.82, 2.24) is 9.97 Å². The number of hydrogen-bond acceptors (Lipinski definition) is 1. The van der Waals surface area contributed by atoms with Crippen molar-refractivity contribution in [1.29, 1.82) is 0 Å². The number of rotatable bonds is 0. The van der Waals surface area contributed by atoms with Gasteiger partial charge in [-0.15, -0.1) is 0 Å². The Bertz CT molecular complexity index is 389. The van der Waals surface area contributed by atoms with Crippen LogP contribution in [0.1, 0.15) is 11.5 Å². The first-order valence-corrected chi connectivity index (χ1v) is 3.60. The molecule has 0 saturated heterocycles. The van der Waals surface area contributed by atoms with Gasteiger partial charge in [-0.25, -0.2) is 9.97 Å². The molecule has 3 heteroatoms. The second-order valence-electron chi connectivity index (χ2n) is 2.75. The van der Waals surface area contributed by atoms with E-state index in [-0.39, 0.29) is 0 Å². The summed E-state index contributed by atoms with van der Waals surface area (Å²) >= 11 is 0. The van der Waals surface area contributed by atoms with Gasteiger partial charge >= 0.3 is 0 Å². The SMILES string of the molecule is Cc1cc2[nH+]c(C)[nH]c2cn1. The molecule has 2 aromatic heterocycles. The minimum absolute atomic E-state index is 1.03. The molecule has 0 atom stereocenters. The van der Waals surface area contributed by atoms with E-state index in [1.165, 1.54) is 0 Å². The van der Waals surface area contributed by atoms with Crippen molar-refractivity contribution < 1.29 is 4.98 Å². The Morgan fingerprint density at radius 3 is 3.09 bits per heavy atom. The van der Waals surface area contributed by atoms with Gasteiger partial charge in [0.2, 0.25) is 5.82 Å². The van der Waals surface area contributed by atoms with Crippen LogP contribution >= 0.6 is 0 Å². The molecular weight excluding hydrogens is 138 g/mol. The summed E-state index contributed by atoms with van der Waals surface area (Å²) in [5, 5.41) is 0. The molecule has 0 aromatic carbocycles. The zero-order valence-corrected chi connectivity index (χ0v) is 6.60. The van der Waals surface area contributed by atoms with E-state index in [2.05, 4.69) is 15.0 Å². The standard InChI is InChI=1S/C8H9N3/c1-5-3-7-8(4-9-5)11-6(2)10-7/h3-4H,1-2H3,(H,10,11)/p+1. The average Bonchev–Trinajstić information content (AvgIpc) is 2.27. The van der Waals surface area contributed by atoms with Crippen LogP contribution in [0.4, 0.5) is 0 Å². The largest absolute Gasteiger partial charge is 0.257 e. The summed E-state index contributed by atoms with van der Waals surface area (Å²) in [6, 6.07) is 2.03. The number of aromatic amines is 2. The van der Waals surface area contributed by atoms with Crippen LogP contribution in [0.5, 0.6) is 0 Å². The lowest BCUT2D eigenvalue weighted by Crippen LogP contribution is -2.01. The fraction of sp³-hybridized carbons (Fsp3) is 0.250. The van der Waals surface area contributed by atoms with Gasteiger partial charge in [0, 0.05) is 18.7 Å². The predicted molar refractivity (Wildman–Crippen MR) is 42.1 cm³/mol. The van der Waals surface area contributed by atoms with Gasteiger partial charge in [0.25, 0.3) is 0 Å². The van der Waals surface area contributed by atoms with Crippen molar-refractivity contribution in [3.05, 3.63) is 23.8 Å².